The highest BCUT2D eigenvalue weighted by Crippen LogP contribution is 2.23. The first-order valence-electron chi connectivity index (χ1n) is 16.6. The minimum absolute atomic E-state index is 0.333. The largest absolute Gasteiger partial charge is 0.494 e. The Bertz CT molecular complexity index is 888. The lowest BCUT2D eigenvalue weighted by molar-refractivity contribution is 0.282. The van der Waals surface area contributed by atoms with Gasteiger partial charge in [0.05, 0.1) is 13.2 Å². The van der Waals surface area contributed by atoms with Crippen molar-refractivity contribution in [2.24, 2.45) is 0 Å². The van der Waals surface area contributed by atoms with Crippen molar-refractivity contribution in [2.75, 3.05) is 26.4 Å². The standard InChI is InChI=1S/C37H58O4/c1-33(35-22-26-37(27-23-35)41-31-19-15-11-7-3-5-9-13-17-29-39)32-34-20-24-36(25-21-34)40-30-18-14-10-6-2-4-8-12-16-28-38/h20-27,32,38-39H,2-19,28-31H2,1H3/b33-32-. The van der Waals surface area contributed by atoms with E-state index in [2.05, 4.69) is 61.5 Å². The van der Waals surface area contributed by atoms with Crippen molar-refractivity contribution in [3.05, 3.63) is 59.7 Å². The summed E-state index contributed by atoms with van der Waals surface area (Å²) in [5.41, 5.74) is 3.62. The van der Waals surface area contributed by atoms with Crippen LogP contribution in [0.25, 0.3) is 11.6 Å². The van der Waals surface area contributed by atoms with Crippen molar-refractivity contribution >= 4 is 11.6 Å². The number of aliphatic hydroxyl groups is 2. The Morgan fingerprint density at radius 3 is 1.22 bits per heavy atom. The molecule has 2 rings (SSSR count). The first-order valence-corrected chi connectivity index (χ1v) is 16.6. The maximum Gasteiger partial charge on any atom is 0.119 e. The Balaban J connectivity index is 1.56. The summed E-state index contributed by atoms with van der Waals surface area (Å²) in [6.07, 6.45) is 24.0. The third-order valence-corrected chi connectivity index (χ3v) is 7.72. The fourth-order valence-electron chi connectivity index (χ4n) is 5.09. The fraction of sp³-hybridized carbons (Fsp3) is 0.622. The minimum atomic E-state index is 0.333. The van der Waals surface area contributed by atoms with Crippen LogP contribution < -0.4 is 9.47 Å². The van der Waals surface area contributed by atoms with Crippen LogP contribution in [0.3, 0.4) is 0 Å². The molecular weight excluding hydrogens is 508 g/mol. The van der Waals surface area contributed by atoms with Crippen molar-refractivity contribution in [1.29, 1.82) is 0 Å². The number of benzene rings is 2. The summed E-state index contributed by atoms with van der Waals surface area (Å²) in [5.74, 6) is 1.89. The zero-order valence-corrected chi connectivity index (χ0v) is 26.0. The first kappa shape index (κ1) is 34.9. The van der Waals surface area contributed by atoms with E-state index < -0.39 is 0 Å². The van der Waals surface area contributed by atoms with Gasteiger partial charge in [-0.1, -0.05) is 120 Å². The van der Waals surface area contributed by atoms with Gasteiger partial charge in [-0.2, -0.15) is 0 Å². The highest BCUT2D eigenvalue weighted by molar-refractivity contribution is 5.80. The summed E-state index contributed by atoms with van der Waals surface area (Å²) >= 11 is 0. The molecule has 2 aromatic rings. The molecule has 0 heterocycles. The number of rotatable bonds is 26. The van der Waals surface area contributed by atoms with Gasteiger partial charge in [0.2, 0.25) is 0 Å². The lowest BCUT2D eigenvalue weighted by atomic mass is 10.0. The third-order valence-electron chi connectivity index (χ3n) is 7.72. The van der Waals surface area contributed by atoms with Crippen LogP contribution in [0.2, 0.25) is 0 Å². The van der Waals surface area contributed by atoms with Gasteiger partial charge in [0, 0.05) is 13.2 Å². The molecule has 0 bridgehead atoms. The molecule has 0 saturated heterocycles. The molecule has 0 spiro atoms. The van der Waals surface area contributed by atoms with E-state index in [9.17, 15) is 0 Å². The Morgan fingerprint density at radius 2 is 0.829 bits per heavy atom. The number of hydrogen-bond donors (Lipinski definition) is 2. The Morgan fingerprint density at radius 1 is 0.488 bits per heavy atom. The van der Waals surface area contributed by atoms with Crippen molar-refractivity contribution in [1.82, 2.24) is 0 Å². The normalized spacial score (nSPS) is 11.6. The highest BCUT2D eigenvalue weighted by Gasteiger charge is 2.01. The van der Waals surface area contributed by atoms with Gasteiger partial charge < -0.3 is 19.7 Å². The van der Waals surface area contributed by atoms with Gasteiger partial charge in [-0.25, -0.2) is 0 Å². The van der Waals surface area contributed by atoms with Gasteiger partial charge in [-0.15, -0.1) is 0 Å². The topological polar surface area (TPSA) is 58.9 Å². The van der Waals surface area contributed by atoms with Gasteiger partial charge in [0.25, 0.3) is 0 Å². The molecule has 0 unspecified atom stereocenters. The van der Waals surface area contributed by atoms with Crippen LogP contribution in [0.4, 0.5) is 0 Å². The summed E-state index contributed by atoms with van der Waals surface area (Å²) in [5, 5.41) is 17.6. The monoisotopic (exact) mass is 566 g/mol. The molecule has 4 nitrogen and oxygen atoms in total. The second-order valence-electron chi connectivity index (χ2n) is 11.4. The lowest BCUT2D eigenvalue weighted by Crippen LogP contribution is -1.97. The lowest BCUT2D eigenvalue weighted by Gasteiger charge is -2.09. The molecule has 4 heteroatoms. The number of ether oxygens (including phenoxy) is 2. The molecule has 2 aromatic carbocycles. The van der Waals surface area contributed by atoms with Crippen LogP contribution in [0.1, 0.15) is 134 Å². The average molecular weight is 567 g/mol. The van der Waals surface area contributed by atoms with Gasteiger partial charge in [-0.05, 0) is 73.6 Å². The van der Waals surface area contributed by atoms with Crippen LogP contribution in [-0.4, -0.2) is 36.6 Å². The smallest absolute Gasteiger partial charge is 0.119 e. The third kappa shape index (κ3) is 18.0. The van der Waals surface area contributed by atoms with Crippen molar-refractivity contribution < 1.29 is 19.7 Å². The highest BCUT2D eigenvalue weighted by atomic mass is 16.5. The van der Waals surface area contributed by atoms with E-state index in [4.69, 9.17) is 19.7 Å². The maximum atomic E-state index is 8.81. The maximum absolute atomic E-state index is 8.81. The molecule has 2 N–H and O–H groups in total. The molecule has 0 aliphatic carbocycles. The van der Waals surface area contributed by atoms with Gasteiger partial charge in [-0.3, -0.25) is 0 Å². The Labute approximate surface area is 251 Å². The first-order chi connectivity index (χ1) is 20.2. The molecule has 0 fully saturated rings. The van der Waals surface area contributed by atoms with Crippen LogP contribution >= 0.6 is 0 Å². The van der Waals surface area contributed by atoms with Crippen molar-refractivity contribution in [3.8, 4) is 11.5 Å². The van der Waals surface area contributed by atoms with Gasteiger partial charge in [0.1, 0.15) is 11.5 Å². The quantitative estimate of drug-likeness (QED) is 0.0878. The summed E-state index contributed by atoms with van der Waals surface area (Å²) in [7, 11) is 0. The van der Waals surface area contributed by atoms with E-state index in [1.807, 2.05) is 0 Å². The molecule has 230 valence electrons. The van der Waals surface area contributed by atoms with E-state index >= 15 is 0 Å². The van der Waals surface area contributed by atoms with Crippen LogP contribution in [-0.2, 0) is 0 Å². The molecule has 0 atom stereocenters. The number of aliphatic hydroxyl groups excluding tert-OH is 2. The summed E-state index contributed by atoms with van der Waals surface area (Å²) in [6.45, 7) is 4.39. The van der Waals surface area contributed by atoms with E-state index in [1.54, 1.807) is 0 Å². The predicted molar refractivity (Wildman–Crippen MR) is 175 cm³/mol. The van der Waals surface area contributed by atoms with Crippen LogP contribution in [0.5, 0.6) is 11.5 Å². The molecule has 0 aliphatic rings. The van der Waals surface area contributed by atoms with Crippen molar-refractivity contribution in [2.45, 2.75) is 122 Å². The van der Waals surface area contributed by atoms with E-state index in [0.717, 1.165) is 63.2 Å². The van der Waals surface area contributed by atoms with E-state index in [1.165, 1.54) is 93.7 Å². The van der Waals surface area contributed by atoms with E-state index in [0.29, 0.717) is 13.2 Å². The molecular formula is C37H58O4. The molecule has 0 amide bonds. The van der Waals surface area contributed by atoms with Gasteiger partial charge >= 0.3 is 0 Å². The second-order valence-corrected chi connectivity index (χ2v) is 11.4. The summed E-state index contributed by atoms with van der Waals surface area (Å²) in [4.78, 5) is 0. The van der Waals surface area contributed by atoms with Crippen LogP contribution in [0.15, 0.2) is 48.5 Å². The molecule has 0 radical (unpaired) electrons. The number of hydrogen-bond acceptors (Lipinski definition) is 4. The Hall–Kier alpha value is -2.30. The predicted octanol–water partition coefficient (Wildman–Crippen LogP) is 10.0. The second kappa shape index (κ2) is 24.3. The minimum Gasteiger partial charge on any atom is -0.494 e. The molecule has 0 saturated carbocycles. The fourth-order valence-corrected chi connectivity index (χ4v) is 5.09. The molecule has 0 aromatic heterocycles. The van der Waals surface area contributed by atoms with Crippen LogP contribution in [0, 0.1) is 0 Å². The molecule has 41 heavy (non-hydrogen) atoms. The van der Waals surface area contributed by atoms with Crippen molar-refractivity contribution in [3.63, 3.8) is 0 Å². The number of unbranched alkanes of at least 4 members (excludes halogenated alkanes) is 16. The summed E-state index contributed by atoms with van der Waals surface area (Å²) < 4.78 is 11.9. The van der Waals surface area contributed by atoms with E-state index in [-0.39, 0.29) is 0 Å². The zero-order valence-electron chi connectivity index (χ0n) is 26.0. The summed E-state index contributed by atoms with van der Waals surface area (Å²) in [6, 6.07) is 16.8. The number of allylic oxidation sites excluding steroid dienone is 1. The molecule has 0 aliphatic heterocycles. The SMILES string of the molecule is C/C(=C/c1ccc(OCCCCCCCCCCCO)cc1)c1ccc(OCCCCCCCCCCCO)cc1. The van der Waals surface area contributed by atoms with Gasteiger partial charge in [0.15, 0.2) is 0 Å². The Kier molecular flexibility index (Phi) is 20.7. The zero-order chi connectivity index (χ0) is 29.2. The average Bonchev–Trinajstić information content (AvgIpc) is 2.99.